The fourth-order valence-corrected chi connectivity index (χ4v) is 1.86. The first kappa shape index (κ1) is 12.7. The van der Waals surface area contributed by atoms with Crippen LogP contribution in [0.25, 0.3) is 5.69 Å². The summed E-state index contributed by atoms with van der Waals surface area (Å²) in [5.74, 6) is 1.66. The molecule has 0 amide bonds. The van der Waals surface area contributed by atoms with Crippen molar-refractivity contribution in [1.29, 1.82) is 0 Å². The molecule has 1 N–H and O–H groups in total. The van der Waals surface area contributed by atoms with Gasteiger partial charge in [0.1, 0.15) is 11.6 Å². The summed E-state index contributed by atoms with van der Waals surface area (Å²) in [5.41, 5.74) is 2.12. The van der Waals surface area contributed by atoms with E-state index in [1.54, 1.807) is 0 Å². The predicted molar refractivity (Wildman–Crippen MR) is 70.6 cm³/mol. The standard InChI is InChI=1S/C13H19N5/c1-4-5-14-7-12-6-13(9-15-8-12)18-11(3)16-10(2)17-18/h6,8-9,14H,4-5,7H2,1-3H3. The fourth-order valence-electron chi connectivity index (χ4n) is 1.86. The smallest absolute Gasteiger partial charge is 0.148 e. The molecule has 2 aromatic rings. The first-order chi connectivity index (χ1) is 8.70. The van der Waals surface area contributed by atoms with Crippen molar-refractivity contribution in [2.75, 3.05) is 6.54 Å². The highest BCUT2D eigenvalue weighted by molar-refractivity contribution is 5.32. The van der Waals surface area contributed by atoms with Gasteiger partial charge in [-0.05, 0) is 38.4 Å². The molecule has 5 nitrogen and oxygen atoms in total. The van der Waals surface area contributed by atoms with E-state index in [4.69, 9.17) is 0 Å². The highest BCUT2D eigenvalue weighted by Crippen LogP contribution is 2.10. The summed E-state index contributed by atoms with van der Waals surface area (Å²) in [7, 11) is 0. The number of aryl methyl sites for hydroxylation is 2. The minimum atomic E-state index is 0.780. The van der Waals surface area contributed by atoms with Crippen molar-refractivity contribution in [3.05, 3.63) is 35.7 Å². The Morgan fingerprint density at radius 2 is 2.11 bits per heavy atom. The lowest BCUT2D eigenvalue weighted by Crippen LogP contribution is -2.14. The van der Waals surface area contributed by atoms with Crippen LogP contribution >= 0.6 is 0 Å². The van der Waals surface area contributed by atoms with Crippen LogP contribution in [0.1, 0.15) is 30.6 Å². The molecule has 0 atom stereocenters. The Balaban J connectivity index is 2.19. The van der Waals surface area contributed by atoms with Crippen molar-refractivity contribution in [1.82, 2.24) is 25.1 Å². The second-order valence-electron chi connectivity index (χ2n) is 4.35. The molecule has 0 saturated heterocycles. The molecule has 2 heterocycles. The monoisotopic (exact) mass is 245 g/mol. The molecule has 0 radical (unpaired) electrons. The number of nitrogens with one attached hydrogen (secondary N) is 1. The van der Waals surface area contributed by atoms with Gasteiger partial charge in [0.15, 0.2) is 0 Å². The number of rotatable bonds is 5. The fraction of sp³-hybridized carbons (Fsp3) is 0.462. The summed E-state index contributed by atoms with van der Waals surface area (Å²) in [6.07, 6.45) is 4.82. The minimum Gasteiger partial charge on any atom is -0.313 e. The average Bonchev–Trinajstić information content (AvgIpc) is 2.69. The van der Waals surface area contributed by atoms with Gasteiger partial charge in [-0.1, -0.05) is 6.92 Å². The number of pyridine rings is 1. The predicted octanol–water partition coefficient (Wildman–Crippen LogP) is 1.78. The molecule has 0 aromatic carbocycles. The van der Waals surface area contributed by atoms with E-state index >= 15 is 0 Å². The SMILES string of the molecule is CCCNCc1cncc(-n2nc(C)nc2C)c1. The van der Waals surface area contributed by atoms with Crippen molar-refractivity contribution in [3.8, 4) is 5.69 Å². The van der Waals surface area contributed by atoms with Crippen LogP contribution in [-0.2, 0) is 6.54 Å². The van der Waals surface area contributed by atoms with Crippen LogP contribution in [0.4, 0.5) is 0 Å². The Bertz CT molecular complexity index is 518. The largest absolute Gasteiger partial charge is 0.313 e. The topological polar surface area (TPSA) is 55.6 Å². The van der Waals surface area contributed by atoms with Gasteiger partial charge >= 0.3 is 0 Å². The maximum atomic E-state index is 4.36. The van der Waals surface area contributed by atoms with Gasteiger partial charge in [0, 0.05) is 12.7 Å². The van der Waals surface area contributed by atoms with Gasteiger partial charge in [-0.2, -0.15) is 5.10 Å². The number of aromatic nitrogens is 4. The molecule has 5 heteroatoms. The van der Waals surface area contributed by atoms with Crippen molar-refractivity contribution < 1.29 is 0 Å². The third-order valence-corrected chi connectivity index (χ3v) is 2.66. The zero-order chi connectivity index (χ0) is 13.0. The molecule has 0 bridgehead atoms. The van der Waals surface area contributed by atoms with Gasteiger partial charge in [0.2, 0.25) is 0 Å². The van der Waals surface area contributed by atoms with Crippen LogP contribution < -0.4 is 5.32 Å². The van der Waals surface area contributed by atoms with Crippen molar-refractivity contribution >= 4 is 0 Å². The third-order valence-electron chi connectivity index (χ3n) is 2.66. The normalized spacial score (nSPS) is 10.8. The van der Waals surface area contributed by atoms with E-state index in [1.165, 1.54) is 0 Å². The Hall–Kier alpha value is -1.75. The second-order valence-corrected chi connectivity index (χ2v) is 4.35. The van der Waals surface area contributed by atoms with Gasteiger partial charge < -0.3 is 5.32 Å². The van der Waals surface area contributed by atoms with E-state index in [1.807, 2.05) is 30.9 Å². The zero-order valence-corrected chi connectivity index (χ0v) is 11.1. The molecule has 0 unspecified atom stereocenters. The molecule has 0 spiro atoms. The summed E-state index contributed by atoms with van der Waals surface area (Å²) >= 11 is 0. The van der Waals surface area contributed by atoms with Crippen LogP contribution in [0.3, 0.4) is 0 Å². The summed E-state index contributed by atoms with van der Waals surface area (Å²) < 4.78 is 1.83. The zero-order valence-electron chi connectivity index (χ0n) is 11.1. The molecule has 0 aliphatic rings. The lowest BCUT2D eigenvalue weighted by Gasteiger charge is -2.06. The maximum absolute atomic E-state index is 4.36. The summed E-state index contributed by atoms with van der Waals surface area (Å²) in [4.78, 5) is 8.56. The Morgan fingerprint density at radius 1 is 1.28 bits per heavy atom. The third kappa shape index (κ3) is 2.92. The van der Waals surface area contributed by atoms with Crippen LogP contribution in [-0.4, -0.2) is 26.3 Å². The van der Waals surface area contributed by atoms with Crippen LogP contribution in [0.5, 0.6) is 0 Å². The molecular formula is C13H19N5. The summed E-state index contributed by atoms with van der Waals surface area (Å²) in [6, 6.07) is 2.09. The highest BCUT2D eigenvalue weighted by atomic mass is 15.3. The van der Waals surface area contributed by atoms with Crippen molar-refractivity contribution in [2.45, 2.75) is 33.7 Å². The van der Waals surface area contributed by atoms with E-state index in [0.717, 1.165) is 42.4 Å². The van der Waals surface area contributed by atoms with Gasteiger partial charge in [-0.15, -0.1) is 0 Å². The quantitative estimate of drug-likeness (QED) is 0.816. The first-order valence-electron chi connectivity index (χ1n) is 6.26. The molecule has 2 rings (SSSR count). The van der Waals surface area contributed by atoms with E-state index in [9.17, 15) is 0 Å². The first-order valence-corrected chi connectivity index (χ1v) is 6.26. The lowest BCUT2D eigenvalue weighted by atomic mass is 10.2. The molecule has 2 aromatic heterocycles. The molecule has 0 aliphatic carbocycles. The lowest BCUT2D eigenvalue weighted by molar-refractivity contribution is 0.672. The van der Waals surface area contributed by atoms with E-state index in [-0.39, 0.29) is 0 Å². The van der Waals surface area contributed by atoms with Crippen molar-refractivity contribution in [2.24, 2.45) is 0 Å². The van der Waals surface area contributed by atoms with Crippen molar-refractivity contribution in [3.63, 3.8) is 0 Å². The van der Waals surface area contributed by atoms with Gasteiger partial charge in [-0.25, -0.2) is 9.67 Å². The number of hydrogen-bond donors (Lipinski definition) is 1. The molecule has 96 valence electrons. The van der Waals surface area contributed by atoms with Crippen LogP contribution in [0, 0.1) is 13.8 Å². The van der Waals surface area contributed by atoms with E-state index in [0.29, 0.717) is 0 Å². The Labute approximate surface area is 107 Å². The summed E-state index contributed by atoms with van der Waals surface area (Å²) in [5, 5.41) is 7.73. The molecule has 0 aliphatic heterocycles. The van der Waals surface area contributed by atoms with Gasteiger partial charge in [-0.3, -0.25) is 4.98 Å². The summed E-state index contributed by atoms with van der Waals surface area (Å²) in [6.45, 7) is 7.85. The number of nitrogens with zero attached hydrogens (tertiary/aromatic N) is 4. The number of hydrogen-bond acceptors (Lipinski definition) is 4. The molecule has 0 fully saturated rings. The molecule has 18 heavy (non-hydrogen) atoms. The van der Waals surface area contributed by atoms with Crippen LogP contribution in [0.15, 0.2) is 18.5 Å². The Morgan fingerprint density at radius 3 is 2.78 bits per heavy atom. The van der Waals surface area contributed by atoms with E-state index < -0.39 is 0 Å². The van der Waals surface area contributed by atoms with Gasteiger partial charge in [0.05, 0.1) is 11.9 Å². The average molecular weight is 245 g/mol. The minimum absolute atomic E-state index is 0.780. The molecule has 0 saturated carbocycles. The Kier molecular flexibility index (Phi) is 4.04. The highest BCUT2D eigenvalue weighted by Gasteiger charge is 2.06. The second kappa shape index (κ2) is 5.73. The van der Waals surface area contributed by atoms with Gasteiger partial charge in [0.25, 0.3) is 0 Å². The van der Waals surface area contributed by atoms with E-state index in [2.05, 4.69) is 33.4 Å². The maximum Gasteiger partial charge on any atom is 0.148 e. The van der Waals surface area contributed by atoms with Crippen LogP contribution in [0.2, 0.25) is 0 Å². The molecular weight excluding hydrogens is 226 g/mol.